The first-order valence-corrected chi connectivity index (χ1v) is 41.0. The summed E-state index contributed by atoms with van der Waals surface area (Å²) in [7, 11) is 1.14. The second kappa shape index (κ2) is 76.3. The Hall–Kier alpha value is -4.89. The zero-order valence-electron chi connectivity index (χ0n) is 63.4. The lowest BCUT2D eigenvalue weighted by Crippen LogP contribution is -2.37. The summed E-state index contributed by atoms with van der Waals surface area (Å²) >= 11 is 0. The van der Waals surface area contributed by atoms with Crippen LogP contribution in [0.25, 0.3) is 0 Å². The Kier molecular flexibility index (Phi) is 72.5. The van der Waals surface area contributed by atoms with E-state index in [1.165, 1.54) is 122 Å². The topological polar surface area (TPSA) is 111 Å². The van der Waals surface area contributed by atoms with Gasteiger partial charge in [-0.05, 0) is 135 Å². The van der Waals surface area contributed by atoms with Gasteiger partial charge < -0.3 is 27.9 Å². The summed E-state index contributed by atoms with van der Waals surface area (Å²) in [6, 6.07) is 0. The molecule has 0 aromatic carbocycles. The molecule has 10 heteroatoms. The van der Waals surface area contributed by atoms with E-state index in [2.05, 4.69) is 196 Å². The Morgan fingerprint density at radius 2 is 0.551 bits per heavy atom. The maximum atomic E-state index is 12.9. The molecule has 556 valence electrons. The van der Waals surface area contributed by atoms with Crippen molar-refractivity contribution >= 4 is 19.8 Å². The van der Waals surface area contributed by atoms with Crippen LogP contribution in [0.1, 0.15) is 309 Å². The van der Waals surface area contributed by atoms with E-state index in [1.807, 2.05) is 21.1 Å². The lowest BCUT2D eigenvalue weighted by atomic mass is 10.0. The number of phosphoric ester groups is 1. The van der Waals surface area contributed by atoms with Crippen LogP contribution in [0.2, 0.25) is 0 Å². The summed E-state index contributed by atoms with van der Waals surface area (Å²) in [4.78, 5) is 38.2. The van der Waals surface area contributed by atoms with Crippen molar-refractivity contribution in [2.45, 2.75) is 315 Å². The van der Waals surface area contributed by atoms with E-state index in [9.17, 15) is 19.0 Å². The molecule has 0 N–H and O–H groups in total. The van der Waals surface area contributed by atoms with Gasteiger partial charge in [-0.2, -0.15) is 0 Å². The fourth-order valence-electron chi connectivity index (χ4n) is 10.5. The molecule has 2 unspecified atom stereocenters. The Labute approximate surface area is 603 Å². The number of rotatable bonds is 71. The fourth-order valence-corrected chi connectivity index (χ4v) is 11.2. The molecule has 0 spiro atoms. The minimum absolute atomic E-state index is 0.0414. The number of likely N-dealkylation sites (N-methyl/N-ethyl adjacent to an activating group) is 1. The molecule has 0 aliphatic rings. The number of ether oxygens (including phenoxy) is 2. The summed E-state index contributed by atoms with van der Waals surface area (Å²) < 4.78 is 34.4. The predicted molar refractivity (Wildman–Crippen MR) is 424 cm³/mol. The Balaban J connectivity index is 4.06. The van der Waals surface area contributed by atoms with Gasteiger partial charge in [-0.3, -0.25) is 14.2 Å². The minimum Gasteiger partial charge on any atom is -0.756 e. The molecule has 0 radical (unpaired) electrons. The van der Waals surface area contributed by atoms with Gasteiger partial charge in [-0.1, -0.05) is 344 Å². The number of quaternary nitrogens is 1. The van der Waals surface area contributed by atoms with Gasteiger partial charge in [0.15, 0.2) is 6.10 Å². The molecule has 98 heavy (non-hydrogen) atoms. The van der Waals surface area contributed by atoms with E-state index >= 15 is 0 Å². The van der Waals surface area contributed by atoms with Crippen LogP contribution < -0.4 is 4.89 Å². The lowest BCUT2D eigenvalue weighted by molar-refractivity contribution is -0.870. The predicted octanol–water partition coefficient (Wildman–Crippen LogP) is 26.0. The average molecular weight is 1380 g/mol. The molecule has 0 amide bonds. The number of nitrogens with zero attached hydrogens (tertiary/aromatic N) is 1. The molecular weight excluding hydrogens is 1230 g/mol. The van der Waals surface area contributed by atoms with E-state index in [4.69, 9.17) is 18.5 Å². The number of carbonyl (C=O) groups is 2. The van der Waals surface area contributed by atoms with E-state index in [1.54, 1.807) is 0 Å². The fraction of sp³-hybridized carbons (Fsp3) is 0.636. The third-order valence-corrected chi connectivity index (χ3v) is 17.4. The zero-order valence-corrected chi connectivity index (χ0v) is 64.3. The van der Waals surface area contributed by atoms with Crippen molar-refractivity contribution in [3.05, 3.63) is 182 Å². The molecule has 0 fully saturated rings. The van der Waals surface area contributed by atoms with Crippen LogP contribution in [-0.2, 0) is 32.7 Å². The minimum atomic E-state index is -4.66. The molecule has 0 aromatic rings. The summed E-state index contributed by atoms with van der Waals surface area (Å²) in [6.07, 6.45) is 117. The van der Waals surface area contributed by atoms with Crippen molar-refractivity contribution in [3.8, 4) is 0 Å². The summed E-state index contributed by atoms with van der Waals surface area (Å²) in [5.74, 6) is -0.852. The highest BCUT2D eigenvalue weighted by molar-refractivity contribution is 7.45. The number of esters is 2. The number of unbranched alkanes of at least 4 members (excludes halogenated alkanes) is 27. The summed E-state index contributed by atoms with van der Waals surface area (Å²) in [6.45, 7) is 4.00. The van der Waals surface area contributed by atoms with E-state index in [0.717, 1.165) is 154 Å². The lowest BCUT2D eigenvalue weighted by Gasteiger charge is -2.28. The molecule has 2 atom stereocenters. The third-order valence-electron chi connectivity index (χ3n) is 16.4. The van der Waals surface area contributed by atoms with Crippen LogP contribution in [0.15, 0.2) is 182 Å². The van der Waals surface area contributed by atoms with Crippen molar-refractivity contribution < 1.29 is 42.1 Å². The second-order valence-corrected chi connectivity index (χ2v) is 28.4. The van der Waals surface area contributed by atoms with Crippen molar-refractivity contribution in [2.75, 3.05) is 47.5 Å². The van der Waals surface area contributed by atoms with Crippen LogP contribution in [0.3, 0.4) is 0 Å². The smallest absolute Gasteiger partial charge is 0.306 e. The van der Waals surface area contributed by atoms with Crippen LogP contribution in [-0.4, -0.2) is 70.0 Å². The first-order chi connectivity index (χ1) is 48.0. The summed E-state index contributed by atoms with van der Waals surface area (Å²) in [5, 5.41) is 0. The van der Waals surface area contributed by atoms with Gasteiger partial charge in [0.2, 0.25) is 0 Å². The van der Waals surface area contributed by atoms with Crippen molar-refractivity contribution in [2.24, 2.45) is 0 Å². The van der Waals surface area contributed by atoms with E-state index < -0.39 is 26.5 Å². The molecule has 0 heterocycles. The Bertz CT molecular complexity index is 2320. The van der Waals surface area contributed by atoms with Gasteiger partial charge in [-0.25, -0.2) is 0 Å². The maximum absolute atomic E-state index is 12.9. The highest BCUT2D eigenvalue weighted by Gasteiger charge is 2.22. The third kappa shape index (κ3) is 80.1. The van der Waals surface area contributed by atoms with E-state index in [-0.39, 0.29) is 32.0 Å². The highest BCUT2D eigenvalue weighted by Crippen LogP contribution is 2.38. The number of phosphoric acid groups is 1. The molecule has 9 nitrogen and oxygen atoms in total. The first kappa shape index (κ1) is 93.1. The Morgan fingerprint density at radius 1 is 0.316 bits per heavy atom. The number of carbonyl (C=O) groups excluding carboxylic acids is 2. The van der Waals surface area contributed by atoms with Crippen LogP contribution in [0.4, 0.5) is 0 Å². The van der Waals surface area contributed by atoms with Crippen LogP contribution in [0, 0.1) is 0 Å². The normalized spacial score (nSPS) is 14.1. The summed E-state index contributed by atoms with van der Waals surface area (Å²) in [5.41, 5.74) is 0. The first-order valence-electron chi connectivity index (χ1n) is 39.5. The van der Waals surface area contributed by atoms with Gasteiger partial charge in [0.05, 0.1) is 27.7 Å². The highest BCUT2D eigenvalue weighted by atomic mass is 31.2. The average Bonchev–Trinajstić information content (AvgIpc) is 1.08. The van der Waals surface area contributed by atoms with Gasteiger partial charge in [0.1, 0.15) is 19.8 Å². The molecule has 0 bridgehead atoms. The molecule has 0 aliphatic heterocycles. The number of hydrogen-bond donors (Lipinski definition) is 0. The van der Waals surface area contributed by atoms with Gasteiger partial charge in [-0.15, -0.1) is 0 Å². The molecule has 0 rings (SSSR count). The molecule has 0 saturated carbocycles. The standard InChI is InChI=1S/C88H146NO8P/c1-6-8-10-12-14-16-18-20-22-24-26-28-30-32-34-36-38-40-42-44-46-48-50-52-54-56-58-60-62-64-66-68-70-72-74-76-78-80-87(90)94-84-86(85-96-98(92,93)95-83-82-89(3,4)5)97-88(91)81-79-77-75-73-71-69-67-65-63-61-59-57-55-53-51-49-47-45-43-41-39-37-35-33-31-29-27-25-23-21-19-17-15-13-11-9-7-2/h8-11,14-17,20-23,26-29,32-35,39,41,45,47,51,53,57,59,63,65,86H,6-7,12-13,18-19,24-25,30-31,36-38,40,42-44,46,48-50,52,54-56,58,60-62,64,66-85H2,1-5H3/b10-8-,11-9-,16-14-,17-15-,22-20-,23-21-,28-26-,29-27-,34-32-,35-33-,41-39-,47-45-,53-51-,59-57-,65-63-. The molecule has 0 saturated heterocycles. The van der Waals surface area contributed by atoms with Gasteiger partial charge in [0, 0.05) is 12.8 Å². The van der Waals surface area contributed by atoms with E-state index in [0.29, 0.717) is 17.4 Å². The molecular formula is C88H146NO8P. The van der Waals surface area contributed by atoms with Crippen molar-refractivity contribution in [1.82, 2.24) is 0 Å². The van der Waals surface area contributed by atoms with Gasteiger partial charge >= 0.3 is 11.9 Å². The molecule has 0 aliphatic carbocycles. The maximum Gasteiger partial charge on any atom is 0.306 e. The van der Waals surface area contributed by atoms with Crippen molar-refractivity contribution in [3.63, 3.8) is 0 Å². The second-order valence-electron chi connectivity index (χ2n) is 27.0. The quantitative estimate of drug-likeness (QED) is 0.0195. The zero-order chi connectivity index (χ0) is 71.1. The Morgan fingerprint density at radius 3 is 0.816 bits per heavy atom. The monoisotopic (exact) mass is 1380 g/mol. The van der Waals surface area contributed by atoms with Crippen molar-refractivity contribution in [1.29, 1.82) is 0 Å². The number of hydrogen-bond acceptors (Lipinski definition) is 8. The van der Waals surface area contributed by atoms with Crippen LogP contribution >= 0.6 is 7.82 Å². The molecule has 0 aromatic heterocycles. The van der Waals surface area contributed by atoms with Gasteiger partial charge in [0.25, 0.3) is 7.82 Å². The van der Waals surface area contributed by atoms with Crippen LogP contribution in [0.5, 0.6) is 0 Å². The SMILES string of the molecule is CC/C=C\C/C=C\C/C=C\C/C=C\C/C=C\C/C=C\C/C=C\C/C=C\C/C=C\C/C=C\CCCCCCCCC(=O)OC(COC(=O)CCCCCCCCCCCCCCCCCCCCCCC/C=C\C/C=C\C/C=C\C/C=C\C/C=C\CC)COP(=O)([O-])OCC[N+](C)(C)C. The number of allylic oxidation sites excluding steroid dienone is 30. The largest absolute Gasteiger partial charge is 0.756 e.